The summed E-state index contributed by atoms with van der Waals surface area (Å²) in [6.45, 7) is 7.54. The van der Waals surface area contributed by atoms with E-state index in [9.17, 15) is 4.39 Å². The molecular weight excluding hydrogens is 287 g/mol. The average Bonchev–Trinajstić information content (AvgIpc) is 2.59. The Balaban J connectivity index is 2.09. The molecule has 2 nitrogen and oxygen atoms in total. The van der Waals surface area contributed by atoms with Crippen LogP contribution >= 0.6 is 0 Å². The van der Waals surface area contributed by atoms with E-state index in [0.29, 0.717) is 5.69 Å². The predicted octanol–water partition coefficient (Wildman–Crippen LogP) is 4.74. The van der Waals surface area contributed by atoms with E-state index < -0.39 is 0 Å². The molecule has 0 aliphatic heterocycles. The molecule has 3 heteroatoms. The van der Waals surface area contributed by atoms with Crippen molar-refractivity contribution in [1.29, 1.82) is 0 Å². The maximum Gasteiger partial charge on any atom is 0.146 e. The van der Waals surface area contributed by atoms with Crippen molar-refractivity contribution in [1.82, 2.24) is 5.32 Å². The summed E-state index contributed by atoms with van der Waals surface area (Å²) in [6.07, 6.45) is 2.35. The fourth-order valence-electron chi connectivity index (χ4n) is 2.62. The summed E-state index contributed by atoms with van der Waals surface area (Å²) >= 11 is 0. The maximum atomic E-state index is 14.3. The van der Waals surface area contributed by atoms with E-state index in [-0.39, 0.29) is 5.82 Å². The molecule has 2 aromatic rings. The third-order valence-corrected chi connectivity index (χ3v) is 3.99. The fourth-order valence-corrected chi connectivity index (χ4v) is 2.62. The third kappa shape index (κ3) is 5.36. The van der Waals surface area contributed by atoms with Gasteiger partial charge in [0.05, 0.1) is 5.69 Å². The van der Waals surface area contributed by atoms with Gasteiger partial charge in [0.2, 0.25) is 0 Å². The number of unbranched alkanes of at least 4 members (excludes halogenated alkanes) is 1. The van der Waals surface area contributed by atoms with Gasteiger partial charge in [0, 0.05) is 19.6 Å². The van der Waals surface area contributed by atoms with Gasteiger partial charge in [0.15, 0.2) is 0 Å². The number of halogens is 1. The van der Waals surface area contributed by atoms with Gasteiger partial charge in [-0.1, -0.05) is 49.7 Å². The largest absolute Gasteiger partial charge is 0.365 e. The Hall–Kier alpha value is -1.87. The fraction of sp³-hybridized carbons (Fsp3) is 0.400. The van der Waals surface area contributed by atoms with Crippen LogP contribution in [0.2, 0.25) is 0 Å². The quantitative estimate of drug-likeness (QED) is 0.672. The Morgan fingerprint density at radius 3 is 2.48 bits per heavy atom. The van der Waals surface area contributed by atoms with E-state index in [1.54, 1.807) is 6.07 Å². The molecule has 0 unspecified atom stereocenters. The van der Waals surface area contributed by atoms with Crippen LogP contribution < -0.4 is 10.2 Å². The third-order valence-electron chi connectivity index (χ3n) is 3.99. The number of nitrogens with one attached hydrogen (secondary N) is 1. The van der Waals surface area contributed by atoms with E-state index >= 15 is 0 Å². The topological polar surface area (TPSA) is 15.3 Å². The van der Waals surface area contributed by atoms with Crippen LogP contribution in [0.4, 0.5) is 10.1 Å². The highest BCUT2D eigenvalue weighted by Gasteiger charge is 2.11. The summed E-state index contributed by atoms with van der Waals surface area (Å²) in [5.41, 5.74) is 3.01. The summed E-state index contributed by atoms with van der Waals surface area (Å²) in [5.74, 6) is -0.153. The van der Waals surface area contributed by atoms with Crippen LogP contribution in [0.15, 0.2) is 48.5 Å². The summed E-state index contributed by atoms with van der Waals surface area (Å²) in [7, 11) is 0. The lowest BCUT2D eigenvalue weighted by molar-refractivity contribution is 0.612. The second-order valence-corrected chi connectivity index (χ2v) is 5.82. The summed E-state index contributed by atoms with van der Waals surface area (Å²) in [5, 5.41) is 3.41. The molecule has 0 bridgehead atoms. The highest BCUT2D eigenvalue weighted by atomic mass is 19.1. The van der Waals surface area contributed by atoms with Gasteiger partial charge in [0.1, 0.15) is 5.82 Å². The zero-order valence-electron chi connectivity index (χ0n) is 14.2. The maximum absolute atomic E-state index is 14.3. The molecule has 0 radical (unpaired) electrons. The minimum atomic E-state index is -0.153. The lowest BCUT2D eigenvalue weighted by Gasteiger charge is -2.24. The van der Waals surface area contributed by atoms with Crippen molar-refractivity contribution in [3.8, 4) is 0 Å². The molecule has 0 aliphatic carbocycles. The van der Waals surface area contributed by atoms with Gasteiger partial charge in [-0.2, -0.15) is 0 Å². The molecule has 124 valence electrons. The lowest BCUT2D eigenvalue weighted by atomic mass is 10.1. The summed E-state index contributed by atoms with van der Waals surface area (Å²) < 4.78 is 14.3. The van der Waals surface area contributed by atoms with E-state index in [1.165, 1.54) is 18.4 Å². The zero-order valence-corrected chi connectivity index (χ0v) is 14.2. The van der Waals surface area contributed by atoms with E-state index in [2.05, 4.69) is 36.2 Å². The number of hydrogen-bond donors (Lipinski definition) is 1. The first kappa shape index (κ1) is 17.5. The summed E-state index contributed by atoms with van der Waals surface area (Å²) in [6, 6.07) is 15.6. The van der Waals surface area contributed by atoms with Gasteiger partial charge in [-0.25, -0.2) is 4.39 Å². The van der Waals surface area contributed by atoms with Crippen LogP contribution in [0, 0.1) is 5.82 Å². The Bertz CT molecular complexity index is 583. The molecule has 0 atom stereocenters. The summed E-state index contributed by atoms with van der Waals surface area (Å²) in [4.78, 5) is 2.08. The Morgan fingerprint density at radius 1 is 1.00 bits per heavy atom. The predicted molar refractivity (Wildman–Crippen MR) is 96.2 cm³/mol. The standard InChI is InChI=1S/C20H27FN2/c1-3-5-13-22-15-18-11-12-19(21)20(14-18)23(4-2)16-17-9-7-6-8-10-17/h6-12,14,22H,3-5,13,15-16H2,1-2H3. The minimum Gasteiger partial charge on any atom is -0.365 e. The molecule has 2 aromatic carbocycles. The highest BCUT2D eigenvalue weighted by molar-refractivity contribution is 5.50. The van der Waals surface area contributed by atoms with Crippen LogP contribution in [-0.4, -0.2) is 13.1 Å². The van der Waals surface area contributed by atoms with Crippen LogP contribution in [0.1, 0.15) is 37.8 Å². The average molecular weight is 314 g/mol. The molecule has 1 N–H and O–H groups in total. The number of benzene rings is 2. The smallest absolute Gasteiger partial charge is 0.146 e. The first-order chi connectivity index (χ1) is 11.2. The van der Waals surface area contributed by atoms with Gasteiger partial charge in [0.25, 0.3) is 0 Å². The number of hydrogen-bond acceptors (Lipinski definition) is 2. The van der Waals surface area contributed by atoms with Crippen LogP contribution in [0.25, 0.3) is 0 Å². The van der Waals surface area contributed by atoms with Crippen molar-refractivity contribution < 1.29 is 4.39 Å². The Morgan fingerprint density at radius 2 is 1.78 bits per heavy atom. The molecule has 0 fully saturated rings. The zero-order chi connectivity index (χ0) is 16.5. The molecule has 0 saturated heterocycles. The van der Waals surface area contributed by atoms with Gasteiger partial charge in [-0.05, 0) is 43.1 Å². The van der Waals surface area contributed by atoms with Crippen LogP contribution in [0.3, 0.4) is 0 Å². The molecular formula is C20H27FN2. The highest BCUT2D eigenvalue weighted by Crippen LogP contribution is 2.23. The first-order valence-electron chi connectivity index (χ1n) is 8.52. The van der Waals surface area contributed by atoms with Crippen molar-refractivity contribution in [2.45, 2.75) is 39.8 Å². The van der Waals surface area contributed by atoms with Gasteiger partial charge in [-0.15, -0.1) is 0 Å². The van der Waals surface area contributed by atoms with Crippen LogP contribution in [-0.2, 0) is 13.1 Å². The molecule has 0 saturated carbocycles. The monoisotopic (exact) mass is 314 g/mol. The van der Waals surface area contributed by atoms with Crippen molar-refractivity contribution in [3.63, 3.8) is 0 Å². The van der Waals surface area contributed by atoms with Crippen LogP contribution in [0.5, 0.6) is 0 Å². The molecule has 0 aromatic heterocycles. The normalized spacial score (nSPS) is 10.7. The van der Waals surface area contributed by atoms with E-state index in [4.69, 9.17) is 0 Å². The second-order valence-electron chi connectivity index (χ2n) is 5.82. The van der Waals surface area contributed by atoms with Crippen molar-refractivity contribution in [2.24, 2.45) is 0 Å². The molecule has 2 rings (SSSR count). The number of rotatable bonds is 9. The lowest BCUT2D eigenvalue weighted by Crippen LogP contribution is -2.23. The van der Waals surface area contributed by atoms with Crippen molar-refractivity contribution >= 4 is 5.69 Å². The molecule has 23 heavy (non-hydrogen) atoms. The molecule has 0 aliphatic rings. The minimum absolute atomic E-state index is 0.153. The van der Waals surface area contributed by atoms with E-state index in [0.717, 1.165) is 31.7 Å². The van der Waals surface area contributed by atoms with Crippen molar-refractivity contribution in [3.05, 3.63) is 65.5 Å². The molecule has 0 amide bonds. The number of anilines is 1. The second kappa shape index (κ2) is 9.31. The number of nitrogens with zero attached hydrogens (tertiary/aromatic N) is 1. The Kier molecular flexibility index (Phi) is 7.08. The molecule has 0 spiro atoms. The van der Waals surface area contributed by atoms with E-state index in [1.807, 2.05) is 30.3 Å². The van der Waals surface area contributed by atoms with Gasteiger partial charge < -0.3 is 10.2 Å². The molecule has 0 heterocycles. The Labute approximate surface area is 139 Å². The van der Waals surface area contributed by atoms with Gasteiger partial charge >= 0.3 is 0 Å². The first-order valence-corrected chi connectivity index (χ1v) is 8.52. The van der Waals surface area contributed by atoms with Gasteiger partial charge in [-0.3, -0.25) is 0 Å². The van der Waals surface area contributed by atoms with Crippen molar-refractivity contribution in [2.75, 3.05) is 18.0 Å². The SMILES string of the molecule is CCCCNCc1ccc(F)c(N(CC)Cc2ccccc2)c1.